The molecule has 6 heteroatoms. The fourth-order valence-electron chi connectivity index (χ4n) is 1.85. The Labute approximate surface area is 108 Å². The third-order valence-electron chi connectivity index (χ3n) is 2.81. The normalized spacial score (nSPS) is 17.8. The van der Waals surface area contributed by atoms with Crippen LogP contribution in [-0.2, 0) is 9.59 Å². The first-order valence-corrected chi connectivity index (χ1v) is 5.92. The van der Waals surface area contributed by atoms with E-state index in [0.29, 0.717) is 0 Å². The second-order valence-electron chi connectivity index (χ2n) is 4.41. The maximum absolute atomic E-state index is 11.5. The molecule has 1 aliphatic rings. The number of nitrogens with two attached hydrogens (primary N) is 1. The first-order chi connectivity index (χ1) is 7.59. The van der Waals surface area contributed by atoms with Gasteiger partial charge in [0.2, 0.25) is 11.8 Å². The van der Waals surface area contributed by atoms with E-state index in [1.165, 1.54) is 19.3 Å². The molecule has 1 fully saturated rings. The zero-order chi connectivity index (χ0) is 12.0. The molecule has 0 radical (unpaired) electrons. The molecule has 0 saturated heterocycles. The van der Waals surface area contributed by atoms with Gasteiger partial charge < -0.3 is 16.4 Å². The molecule has 0 aromatic carbocycles. The van der Waals surface area contributed by atoms with Gasteiger partial charge in [-0.2, -0.15) is 0 Å². The fourth-order valence-corrected chi connectivity index (χ4v) is 1.85. The van der Waals surface area contributed by atoms with Crippen molar-refractivity contribution in [1.82, 2.24) is 10.6 Å². The summed E-state index contributed by atoms with van der Waals surface area (Å²) in [6, 6.07) is -0.282. The molecule has 0 aromatic heterocycles. The van der Waals surface area contributed by atoms with Crippen LogP contribution in [0, 0.1) is 0 Å². The van der Waals surface area contributed by atoms with Crippen molar-refractivity contribution < 1.29 is 9.59 Å². The molecule has 5 nitrogen and oxygen atoms in total. The minimum absolute atomic E-state index is 0. The number of carbonyl (C=O) groups is 2. The van der Waals surface area contributed by atoms with Crippen molar-refractivity contribution >= 4 is 24.2 Å². The summed E-state index contributed by atoms with van der Waals surface area (Å²) in [5.74, 6) is -0.417. The Morgan fingerprint density at radius 1 is 1.29 bits per heavy atom. The van der Waals surface area contributed by atoms with Gasteiger partial charge in [-0.25, -0.2) is 0 Å². The van der Waals surface area contributed by atoms with Crippen LogP contribution in [0.4, 0.5) is 0 Å². The molecule has 0 bridgehead atoms. The van der Waals surface area contributed by atoms with Crippen molar-refractivity contribution in [3.05, 3.63) is 0 Å². The first-order valence-electron chi connectivity index (χ1n) is 5.92. The summed E-state index contributed by atoms with van der Waals surface area (Å²) in [4.78, 5) is 22.6. The summed E-state index contributed by atoms with van der Waals surface area (Å²) in [6.07, 6.45) is 5.71. The third-order valence-corrected chi connectivity index (χ3v) is 2.81. The Hall–Kier alpha value is -0.810. The Bertz CT molecular complexity index is 253. The molecular formula is C11H22ClN3O2. The fraction of sp³-hybridized carbons (Fsp3) is 0.818. The highest BCUT2D eigenvalue weighted by Gasteiger charge is 2.16. The standard InChI is InChI=1S/C11H21N3O2.ClH/c1-8(12)11(16)13-7-10(15)14-9-5-3-2-4-6-9;/h8-9H,2-7,12H2,1H3,(H,13,16)(H,14,15);1H/t8-;/m0./s1. The Morgan fingerprint density at radius 3 is 2.41 bits per heavy atom. The van der Waals surface area contributed by atoms with Gasteiger partial charge in [0.15, 0.2) is 0 Å². The summed E-state index contributed by atoms with van der Waals surface area (Å²) >= 11 is 0. The van der Waals surface area contributed by atoms with Crippen LogP contribution in [0.2, 0.25) is 0 Å². The smallest absolute Gasteiger partial charge is 0.239 e. The van der Waals surface area contributed by atoms with Gasteiger partial charge in [0.1, 0.15) is 0 Å². The lowest BCUT2D eigenvalue weighted by molar-refractivity contribution is -0.127. The number of carbonyl (C=O) groups excluding carboxylic acids is 2. The van der Waals surface area contributed by atoms with Gasteiger partial charge in [-0.3, -0.25) is 9.59 Å². The highest BCUT2D eigenvalue weighted by molar-refractivity contribution is 5.87. The van der Waals surface area contributed by atoms with Crippen molar-refractivity contribution in [3.8, 4) is 0 Å². The monoisotopic (exact) mass is 263 g/mol. The summed E-state index contributed by atoms with van der Waals surface area (Å²) in [6.45, 7) is 1.62. The molecule has 100 valence electrons. The highest BCUT2D eigenvalue weighted by Crippen LogP contribution is 2.16. The van der Waals surface area contributed by atoms with Gasteiger partial charge >= 0.3 is 0 Å². The van der Waals surface area contributed by atoms with Gasteiger partial charge in [0, 0.05) is 6.04 Å². The van der Waals surface area contributed by atoms with Crippen LogP contribution < -0.4 is 16.4 Å². The van der Waals surface area contributed by atoms with Crippen LogP contribution in [0.1, 0.15) is 39.0 Å². The topological polar surface area (TPSA) is 84.2 Å². The van der Waals surface area contributed by atoms with Crippen LogP contribution in [0.3, 0.4) is 0 Å². The molecule has 17 heavy (non-hydrogen) atoms. The highest BCUT2D eigenvalue weighted by atomic mass is 35.5. The van der Waals surface area contributed by atoms with Crippen LogP contribution in [0.5, 0.6) is 0 Å². The molecular weight excluding hydrogens is 242 g/mol. The van der Waals surface area contributed by atoms with E-state index in [1.807, 2.05) is 0 Å². The van der Waals surface area contributed by atoms with E-state index in [1.54, 1.807) is 6.92 Å². The molecule has 0 heterocycles. The summed E-state index contributed by atoms with van der Waals surface area (Å²) in [5.41, 5.74) is 5.36. The number of hydrogen-bond acceptors (Lipinski definition) is 3. The van der Waals surface area contributed by atoms with Crippen LogP contribution in [-0.4, -0.2) is 30.4 Å². The molecule has 0 unspecified atom stereocenters. The van der Waals surface area contributed by atoms with Crippen LogP contribution >= 0.6 is 12.4 Å². The lowest BCUT2D eigenvalue weighted by Crippen LogP contribution is -2.46. The van der Waals surface area contributed by atoms with E-state index in [4.69, 9.17) is 5.73 Å². The molecule has 1 rings (SSSR count). The number of nitrogens with one attached hydrogen (secondary N) is 2. The Balaban J connectivity index is 0.00000256. The predicted molar refractivity (Wildman–Crippen MR) is 68.9 cm³/mol. The third kappa shape index (κ3) is 6.48. The lowest BCUT2D eigenvalue weighted by Gasteiger charge is -2.22. The SMILES string of the molecule is C[C@H](N)C(=O)NCC(=O)NC1CCCCC1.Cl. The minimum atomic E-state index is -0.567. The zero-order valence-corrected chi connectivity index (χ0v) is 11.0. The lowest BCUT2D eigenvalue weighted by atomic mass is 9.95. The number of hydrogen-bond donors (Lipinski definition) is 3. The van der Waals surface area contributed by atoms with E-state index in [2.05, 4.69) is 10.6 Å². The van der Waals surface area contributed by atoms with E-state index in [9.17, 15) is 9.59 Å². The summed E-state index contributed by atoms with van der Waals surface area (Å²) < 4.78 is 0. The molecule has 0 spiro atoms. The van der Waals surface area contributed by atoms with Gasteiger partial charge in [-0.15, -0.1) is 12.4 Å². The largest absolute Gasteiger partial charge is 0.352 e. The zero-order valence-electron chi connectivity index (χ0n) is 10.2. The molecule has 2 amide bonds. The minimum Gasteiger partial charge on any atom is -0.352 e. The summed E-state index contributed by atoms with van der Waals surface area (Å²) in [7, 11) is 0. The van der Waals surface area contributed by atoms with Crippen LogP contribution in [0.25, 0.3) is 0 Å². The summed E-state index contributed by atoms with van der Waals surface area (Å²) in [5, 5.41) is 5.41. The van der Waals surface area contributed by atoms with Gasteiger partial charge in [0.05, 0.1) is 12.6 Å². The number of rotatable bonds is 4. The second-order valence-corrected chi connectivity index (χ2v) is 4.41. The van der Waals surface area contributed by atoms with Gasteiger partial charge in [0.25, 0.3) is 0 Å². The quantitative estimate of drug-likeness (QED) is 0.683. The molecule has 1 atom stereocenters. The van der Waals surface area contributed by atoms with Crippen molar-refractivity contribution in [2.75, 3.05) is 6.54 Å². The van der Waals surface area contributed by atoms with E-state index in [-0.39, 0.29) is 36.8 Å². The van der Waals surface area contributed by atoms with E-state index < -0.39 is 6.04 Å². The molecule has 0 aliphatic heterocycles. The van der Waals surface area contributed by atoms with E-state index >= 15 is 0 Å². The average Bonchev–Trinajstić information content (AvgIpc) is 2.27. The van der Waals surface area contributed by atoms with Crippen molar-refractivity contribution in [3.63, 3.8) is 0 Å². The maximum atomic E-state index is 11.5. The van der Waals surface area contributed by atoms with Gasteiger partial charge in [-0.05, 0) is 19.8 Å². The molecule has 1 saturated carbocycles. The van der Waals surface area contributed by atoms with Crippen molar-refractivity contribution in [2.24, 2.45) is 5.73 Å². The maximum Gasteiger partial charge on any atom is 0.239 e. The number of amides is 2. The Morgan fingerprint density at radius 2 is 1.88 bits per heavy atom. The van der Waals surface area contributed by atoms with Gasteiger partial charge in [-0.1, -0.05) is 19.3 Å². The second kappa shape index (κ2) is 8.31. The Kier molecular flexibility index (Phi) is 7.91. The first kappa shape index (κ1) is 16.2. The van der Waals surface area contributed by atoms with Crippen molar-refractivity contribution in [1.29, 1.82) is 0 Å². The van der Waals surface area contributed by atoms with Crippen LogP contribution in [0.15, 0.2) is 0 Å². The average molecular weight is 264 g/mol. The van der Waals surface area contributed by atoms with E-state index in [0.717, 1.165) is 12.8 Å². The molecule has 1 aliphatic carbocycles. The van der Waals surface area contributed by atoms with Crippen molar-refractivity contribution in [2.45, 2.75) is 51.1 Å². The molecule has 4 N–H and O–H groups in total. The number of halogens is 1. The predicted octanol–water partition coefficient (Wildman–Crippen LogP) is 0.320. The molecule has 0 aromatic rings.